The smallest absolute Gasteiger partial charge is 0.305 e. The van der Waals surface area contributed by atoms with E-state index in [0.29, 0.717) is 58.1 Å². The first-order valence-corrected chi connectivity index (χ1v) is 19.8. The molecule has 1 aliphatic heterocycles. The highest BCUT2D eigenvalue weighted by molar-refractivity contribution is 7.81. The Labute approximate surface area is 374 Å². The van der Waals surface area contributed by atoms with Crippen molar-refractivity contribution in [3.05, 3.63) is 141 Å². The molecule has 4 aromatic carbocycles. The van der Waals surface area contributed by atoms with E-state index in [0.717, 1.165) is 25.7 Å². The molecule has 1 spiro atoms. The summed E-state index contributed by atoms with van der Waals surface area (Å²) in [5.41, 5.74) is 2.09. The van der Waals surface area contributed by atoms with Crippen LogP contribution < -0.4 is 25.8 Å². The number of nitrogens with zero attached hydrogens (tertiary/aromatic N) is 6. The maximum Gasteiger partial charge on any atom is 0.305 e. The summed E-state index contributed by atoms with van der Waals surface area (Å²) in [6, 6.07) is 18.1. The first-order valence-electron chi connectivity index (χ1n) is 19.0. The molecule has 0 aromatic heterocycles. The van der Waals surface area contributed by atoms with Crippen molar-refractivity contribution in [2.75, 3.05) is 29.2 Å². The summed E-state index contributed by atoms with van der Waals surface area (Å²) >= 11 is 10.1. The van der Waals surface area contributed by atoms with Crippen LogP contribution in [0, 0.1) is 31.4 Å². The fourth-order valence-corrected chi connectivity index (χ4v) is 7.58. The molecule has 3 fully saturated rings. The van der Waals surface area contributed by atoms with Crippen molar-refractivity contribution in [2.24, 2.45) is 4.99 Å². The number of hydrogen-bond donors (Lipinski definition) is 5. The lowest BCUT2D eigenvalue weighted by molar-refractivity contribution is -0.123. The van der Waals surface area contributed by atoms with E-state index >= 15 is 0 Å². The second-order valence-corrected chi connectivity index (χ2v) is 14.7. The highest BCUT2D eigenvalue weighted by Gasteiger charge is 2.59. The van der Waals surface area contributed by atoms with Gasteiger partial charge in [0, 0.05) is 44.0 Å². The Kier molecular flexibility index (Phi) is 16.4. The first kappa shape index (κ1) is 48.7. The van der Waals surface area contributed by atoms with Crippen LogP contribution in [-0.2, 0) is 18.0 Å². The number of rotatable bonds is 9. The van der Waals surface area contributed by atoms with Crippen molar-refractivity contribution in [2.45, 2.75) is 70.4 Å². The van der Waals surface area contributed by atoms with Gasteiger partial charge in [0.25, 0.3) is 17.7 Å². The van der Waals surface area contributed by atoms with Crippen LogP contribution >= 0.6 is 24.4 Å². The normalized spacial score (nSPS) is 14.8. The van der Waals surface area contributed by atoms with Crippen LogP contribution in [0.3, 0.4) is 0 Å². The molecule has 0 atom stereocenters. The van der Waals surface area contributed by atoms with Gasteiger partial charge in [-0.15, -0.1) is 0 Å². The van der Waals surface area contributed by atoms with Gasteiger partial charge in [0.15, 0.2) is 16.5 Å². The van der Waals surface area contributed by atoms with Crippen molar-refractivity contribution in [1.82, 2.24) is 10.6 Å². The van der Waals surface area contributed by atoms with Crippen LogP contribution in [0.2, 0.25) is 0 Å². The van der Waals surface area contributed by atoms with Crippen LogP contribution in [0.4, 0.5) is 42.9 Å². The predicted molar refractivity (Wildman–Crippen MR) is 244 cm³/mol. The summed E-state index contributed by atoms with van der Waals surface area (Å²) < 4.78 is 28.4. The second-order valence-electron chi connectivity index (χ2n) is 14.2. The average molecular weight is 892 g/mol. The minimum Gasteiger partial charge on any atom is -0.393 e. The molecule has 0 radical (unpaired) electrons. The summed E-state index contributed by atoms with van der Waals surface area (Å²) in [5, 5.41) is 28.7. The molecule has 4 aromatic rings. The SMILES string of the molecule is C.[C-]#[N+]C1(Nc2ccc(C(=O)NC)c(F)c2)CCC1.[C-]#[N+]c1ccc(N2C(=O)C3(CCC3)N(c3ccc(C(=O)NC)c(F)c3)C2=S)cc1CO.[C-]#[N+]c1ccc(N=C=S)cc1CO. The Morgan fingerprint density at radius 2 is 1.35 bits per heavy atom. The number of carbonyl (C=O) groups is 3. The number of carbonyl (C=O) groups excluding carboxylic acids is 3. The molecule has 1 heterocycles. The Balaban J connectivity index is 0.000000230. The van der Waals surface area contributed by atoms with Gasteiger partial charge in [-0.05, 0) is 122 Å². The maximum absolute atomic E-state index is 14.7. The lowest BCUT2D eigenvalue weighted by Crippen LogP contribution is -2.55. The Bertz CT molecular complexity index is 2610. The zero-order valence-electron chi connectivity index (χ0n) is 33.5. The summed E-state index contributed by atoms with van der Waals surface area (Å²) in [6.45, 7) is 20.7. The quantitative estimate of drug-likeness (QED) is 0.0629. The van der Waals surface area contributed by atoms with Crippen molar-refractivity contribution >= 4 is 86.6 Å². The fraction of sp³-hybridized carbons (Fsp3) is 0.289. The third-order valence-electron chi connectivity index (χ3n) is 10.6. The number of isothiocyanates is 1. The molecule has 2 saturated carbocycles. The number of nitrogens with one attached hydrogen (secondary N) is 3. The Morgan fingerprint density at radius 1 is 0.810 bits per heavy atom. The van der Waals surface area contributed by atoms with Gasteiger partial charge in [0.1, 0.15) is 17.2 Å². The summed E-state index contributed by atoms with van der Waals surface area (Å²) in [5.74, 6) is -2.51. The maximum atomic E-state index is 14.7. The topological polar surface area (TPSA) is 160 Å². The molecule has 18 heteroatoms. The molecule has 1 saturated heterocycles. The third kappa shape index (κ3) is 10.1. The number of hydrogen-bond acceptors (Lipinski definition) is 9. The number of aliphatic hydroxyl groups is 2. The summed E-state index contributed by atoms with van der Waals surface area (Å²) in [7, 11) is 2.88. The molecule has 0 bridgehead atoms. The zero-order chi connectivity index (χ0) is 45.2. The molecule has 14 nitrogen and oxygen atoms in total. The minimum atomic E-state index is -0.907. The second kappa shape index (κ2) is 21.2. The number of benzene rings is 4. The number of amides is 3. The van der Waals surface area contributed by atoms with E-state index in [2.05, 4.69) is 52.9 Å². The number of aliphatic hydroxyl groups excluding tert-OH is 2. The highest BCUT2D eigenvalue weighted by atomic mass is 32.1. The van der Waals surface area contributed by atoms with Crippen molar-refractivity contribution < 1.29 is 33.4 Å². The van der Waals surface area contributed by atoms with Crippen LogP contribution in [-0.4, -0.2) is 63.5 Å². The third-order valence-corrected chi connectivity index (χ3v) is 11.1. The zero-order valence-corrected chi connectivity index (χ0v) is 35.1. The lowest BCUT2D eigenvalue weighted by Gasteiger charge is -2.43. The van der Waals surface area contributed by atoms with Crippen molar-refractivity contribution in [3.8, 4) is 0 Å². The minimum absolute atomic E-state index is 0. The average Bonchev–Trinajstić information content (AvgIpc) is 3.50. The van der Waals surface area contributed by atoms with Gasteiger partial charge in [-0.1, -0.05) is 19.6 Å². The van der Waals surface area contributed by atoms with E-state index in [4.69, 9.17) is 37.0 Å². The van der Waals surface area contributed by atoms with Crippen LogP contribution in [0.25, 0.3) is 14.5 Å². The molecule has 3 aliphatic rings. The van der Waals surface area contributed by atoms with Crippen molar-refractivity contribution in [1.29, 1.82) is 0 Å². The van der Waals surface area contributed by atoms with Crippen LogP contribution in [0.15, 0.2) is 77.8 Å². The lowest BCUT2D eigenvalue weighted by atomic mass is 9.75. The van der Waals surface area contributed by atoms with E-state index < -0.39 is 34.7 Å². The molecule has 2 aliphatic carbocycles. The molecule has 324 valence electrons. The molecule has 3 amide bonds. The summed E-state index contributed by atoms with van der Waals surface area (Å²) in [4.78, 5) is 53.6. The largest absolute Gasteiger partial charge is 0.393 e. The van der Waals surface area contributed by atoms with Gasteiger partial charge in [-0.2, -0.15) is 4.99 Å². The molecule has 0 unspecified atom stereocenters. The van der Waals surface area contributed by atoms with E-state index in [9.17, 15) is 28.3 Å². The predicted octanol–water partition coefficient (Wildman–Crippen LogP) is 8.79. The summed E-state index contributed by atoms with van der Waals surface area (Å²) in [6.07, 6.45) is 4.51. The monoisotopic (exact) mass is 891 g/mol. The standard InChI is InChI=1S/C22H19FN4O3S.C13H14FN3O.C9H6N2OS.CH4/c1-24-18-7-5-14(10-13(18)12-28)26-20(30)22(8-3-9-22)27(21(26)31)15-4-6-16(17(23)11-15)19(29)25-2;1-15-12(18)10-5-4-9(8-11(10)14)17-13(16-2)6-3-7-13;1-10-9-3-2-8(11-6-13)4-7(9)5-12;/h4-7,10-11,28H,3,8-9,12H2,2H3,(H,25,29);4-5,8,17H,3,6-7H2,1H3,(H,15,18);2-4,12H,5H2;1H4. The van der Waals surface area contributed by atoms with Gasteiger partial charge in [0.05, 0.1) is 48.3 Å². The van der Waals surface area contributed by atoms with E-state index in [1.165, 1.54) is 49.3 Å². The van der Waals surface area contributed by atoms with Crippen LogP contribution in [0.5, 0.6) is 0 Å². The molecule has 7 rings (SSSR count). The molecular formula is C45H43F2N9O5S2. The molecule has 63 heavy (non-hydrogen) atoms. The number of anilines is 3. The van der Waals surface area contributed by atoms with Gasteiger partial charge in [-0.3, -0.25) is 24.1 Å². The Hall–Kier alpha value is -6.97. The van der Waals surface area contributed by atoms with Gasteiger partial charge >= 0.3 is 5.66 Å². The number of thiocarbonyl (C=S) groups is 2. The van der Waals surface area contributed by atoms with Crippen molar-refractivity contribution in [3.63, 3.8) is 0 Å². The molecule has 5 N–H and O–H groups in total. The highest BCUT2D eigenvalue weighted by Crippen LogP contribution is 2.48. The van der Waals surface area contributed by atoms with Gasteiger partial charge in [-0.25, -0.2) is 25.0 Å². The number of halogens is 2. The van der Waals surface area contributed by atoms with E-state index in [-0.39, 0.29) is 42.8 Å². The Morgan fingerprint density at radius 3 is 1.81 bits per heavy atom. The van der Waals surface area contributed by atoms with E-state index in [1.54, 1.807) is 47.4 Å². The first-order chi connectivity index (χ1) is 29.8. The van der Waals surface area contributed by atoms with E-state index in [1.807, 2.05) is 0 Å². The fourth-order valence-electron chi connectivity index (χ4n) is 7.00. The van der Waals surface area contributed by atoms with Crippen LogP contribution in [0.1, 0.15) is 77.8 Å². The number of aliphatic imine (C=N–C) groups is 1. The van der Waals surface area contributed by atoms with Gasteiger partial charge < -0.3 is 31.1 Å². The van der Waals surface area contributed by atoms with Gasteiger partial charge in [0.2, 0.25) is 0 Å². The molecular weight excluding hydrogens is 849 g/mol.